The summed E-state index contributed by atoms with van der Waals surface area (Å²) in [7, 11) is 1.67. The Morgan fingerprint density at radius 1 is 1.35 bits per heavy atom. The lowest BCUT2D eigenvalue weighted by Gasteiger charge is -2.16. The fourth-order valence-electron chi connectivity index (χ4n) is 1.93. The summed E-state index contributed by atoms with van der Waals surface area (Å²) in [4.78, 5) is 10.9. The number of hydrogen-bond donors (Lipinski definition) is 1. The van der Waals surface area contributed by atoms with Crippen molar-refractivity contribution >= 4 is 5.91 Å². The van der Waals surface area contributed by atoms with Crippen molar-refractivity contribution < 1.29 is 9.53 Å². The number of nitrogens with two attached hydrogens (primary N) is 1. The first kappa shape index (κ1) is 13.6. The van der Waals surface area contributed by atoms with Crippen molar-refractivity contribution in [1.29, 1.82) is 0 Å². The molecule has 0 aliphatic carbocycles. The van der Waals surface area contributed by atoms with E-state index in [4.69, 9.17) is 10.5 Å². The van der Waals surface area contributed by atoms with Crippen LogP contribution in [0.5, 0.6) is 5.75 Å². The second-order valence-electron chi connectivity index (χ2n) is 4.73. The molecule has 0 aliphatic rings. The highest BCUT2D eigenvalue weighted by atomic mass is 16.5. The number of carbonyl (C=O) groups is 1. The van der Waals surface area contributed by atoms with Gasteiger partial charge < -0.3 is 10.5 Å². The molecule has 3 heteroatoms. The number of hydrogen-bond acceptors (Lipinski definition) is 2. The van der Waals surface area contributed by atoms with Crippen molar-refractivity contribution in [3.05, 3.63) is 29.3 Å². The summed E-state index contributed by atoms with van der Waals surface area (Å²) in [6, 6.07) is 6.07. The molecule has 1 rings (SSSR count). The lowest BCUT2D eigenvalue weighted by molar-refractivity contribution is -0.118. The average Bonchev–Trinajstić information content (AvgIpc) is 2.27. The van der Waals surface area contributed by atoms with Crippen molar-refractivity contribution in [2.75, 3.05) is 7.11 Å². The van der Waals surface area contributed by atoms with Crippen molar-refractivity contribution in [2.24, 2.45) is 5.73 Å². The molecule has 1 aromatic rings. The van der Waals surface area contributed by atoms with Gasteiger partial charge in [0.15, 0.2) is 0 Å². The lowest BCUT2D eigenvalue weighted by Crippen LogP contribution is -2.14. The van der Waals surface area contributed by atoms with E-state index in [2.05, 4.69) is 19.9 Å². The molecular weight excluding hydrogens is 214 g/mol. The van der Waals surface area contributed by atoms with Gasteiger partial charge in [0, 0.05) is 6.42 Å². The second kappa shape index (κ2) is 5.71. The predicted octanol–water partition coefficient (Wildman–Crippen LogP) is 2.80. The summed E-state index contributed by atoms with van der Waals surface area (Å²) in [5.74, 6) is 1.18. The van der Waals surface area contributed by atoms with Crippen molar-refractivity contribution in [1.82, 2.24) is 0 Å². The Morgan fingerprint density at radius 3 is 2.47 bits per heavy atom. The van der Waals surface area contributed by atoms with Gasteiger partial charge in [-0.05, 0) is 29.0 Å². The molecule has 1 amide bonds. The highest BCUT2D eigenvalue weighted by Crippen LogP contribution is 2.30. The van der Waals surface area contributed by atoms with E-state index in [1.54, 1.807) is 7.11 Å². The van der Waals surface area contributed by atoms with Crippen LogP contribution in [0.3, 0.4) is 0 Å². The SMILES string of the molecule is COc1ccc(C(C)CC(N)=O)cc1C(C)C. The largest absolute Gasteiger partial charge is 0.496 e. The number of rotatable bonds is 5. The third-order valence-corrected chi connectivity index (χ3v) is 2.95. The van der Waals surface area contributed by atoms with Gasteiger partial charge in [-0.2, -0.15) is 0 Å². The highest BCUT2D eigenvalue weighted by molar-refractivity contribution is 5.74. The summed E-state index contributed by atoms with van der Waals surface area (Å²) in [6.45, 7) is 6.26. The van der Waals surface area contributed by atoms with Gasteiger partial charge in [0.1, 0.15) is 5.75 Å². The third kappa shape index (κ3) is 3.48. The molecule has 94 valence electrons. The van der Waals surface area contributed by atoms with E-state index < -0.39 is 0 Å². The fourth-order valence-corrected chi connectivity index (χ4v) is 1.93. The summed E-state index contributed by atoms with van der Waals surface area (Å²) >= 11 is 0. The minimum absolute atomic E-state index is 0.149. The Hall–Kier alpha value is -1.51. The topological polar surface area (TPSA) is 52.3 Å². The predicted molar refractivity (Wildman–Crippen MR) is 69.3 cm³/mol. The minimum atomic E-state index is -0.264. The quantitative estimate of drug-likeness (QED) is 0.853. The Balaban J connectivity index is 3.03. The summed E-state index contributed by atoms with van der Waals surface area (Å²) < 4.78 is 5.33. The van der Waals surface area contributed by atoms with Crippen LogP contribution in [0.4, 0.5) is 0 Å². The number of carbonyl (C=O) groups excluding carboxylic acids is 1. The first-order valence-electron chi connectivity index (χ1n) is 5.91. The van der Waals surface area contributed by atoms with Crippen LogP contribution < -0.4 is 10.5 Å². The standard InChI is InChI=1S/C14H21NO2/c1-9(2)12-8-11(5-6-13(12)17-4)10(3)7-14(15)16/h5-6,8-10H,7H2,1-4H3,(H2,15,16). The highest BCUT2D eigenvalue weighted by Gasteiger charge is 2.13. The van der Waals surface area contributed by atoms with Crippen LogP contribution in [0.2, 0.25) is 0 Å². The molecule has 0 bridgehead atoms. The zero-order chi connectivity index (χ0) is 13.0. The molecule has 0 saturated heterocycles. The van der Waals surface area contributed by atoms with Crippen LogP contribution in [0.1, 0.15) is 50.2 Å². The zero-order valence-corrected chi connectivity index (χ0v) is 11.0. The third-order valence-electron chi connectivity index (χ3n) is 2.95. The molecule has 17 heavy (non-hydrogen) atoms. The fraction of sp³-hybridized carbons (Fsp3) is 0.500. The molecule has 0 spiro atoms. The van der Waals surface area contributed by atoms with Crippen molar-refractivity contribution in [3.63, 3.8) is 0 Å². The number of amides is 1. The van der Waals surface area contributed by atoms with E-state index in [1.165, 1.54) is 5.56 Å². The van der Waals surface area contributed by atoms with Gasteiger partial charge in [-0.15, -0.1) is 0 Å². The van der Waals surface area contributed by atoms with Crippen LogP contribution >= 0.6 is 0 Å². The Labute approximate surface area is 103 Å². The molecule has 0 aromatic heterocycles. The monoisotopic (exact) mass is 235 g/mol. The van der Waals surface area contributed by atoms with Crippen LogP contribution in [-0.2, 0) is 4.79 Å². The molecular formula is C14H21NO2. The van der Waals surface area contributed by atoms with Gasteiger partial charge in [0.05, 0.1) is 7.11 Å². The van der Waals surface area contributed by atoms with E-state index in [-0.39, 0.29) is 11.8 Å². The maximum absolute atomic E-state index is 10.9. The maximum Gasteiger partial charge on any atom is 0.218 e. The van der Waals surface area contributed by atoms with Gasteiger partial charge in [-0.3, -0.25) is 4.79 Å². The van der Waals surface area contributed by atoms with Crippen molar-refractivity contribution in [3.8, 4) is 5.75 Å². The first-order chi connectivity index (χ1) is 7.95. The van der Waals surface area contributed by atoms with Crippen LogP contribution in [-0.4, -0.2) is 13.0 Å². The average molecular weight is 235 g/mol. The molecule has 0 aliphatic heterocycles. The number of benzene rings is 1. The smallest absolute Gasteiger partial charge is 0.218 e. The molecule has 2 N–H and O–H groups in total. The Morgan fingerprint density at radius 2 is 2.00 bits per heavy atom. The first-order valence-corrected chi connectivity index (χ1v) is 5.91. The zero-order valence-electron chi connectivity index (χ0n) is 11.0. The van der Waals surface area contributed by atoms with Gasteiger partial charge >= 0.3 is 0 Å². The van der Waals surface area contributed by atoms with E-state index in [0.29, 0.717) is 12.3 Å². The van der Waals surface area contributed by atoms with E-state index in [0.717, 1.165) is 11.3 Å². The summed E-state index contributed by atoms with van der Waals surface area (Å²) in [6.07, 6.45) is 0.379. The Bertz CT molecular complexity index is 399. The number of methoxy groups -OCH3 is 1. The normalized spacial score (nSPS) is 12.5. The molecule has 0 radical (unpaired) electrons. The maximum atomic E-state index is 10.9. The Kier molecular flexibility index (Phi) is 4.55. The molecule has 3 nitrogen and oxygen atoms in total. The van der Waals surface area contributed by atoms with Gasteiger partial charge in [0.2, 0.25) is 5.91 Å². The van der Waals surface area contributed by atoms with E-state index in [9.17, 15) is 4.79 Å². The van der Waals surface area contributed by atoms with Crippen molar-refractivity contribution in [2.45, 2.75) is 39.0 Å². The lowest BCUT2D eigenvalue weighted by atomic mass is 9.92. The molecule has 1 atom stereocenters. The van der Waals surface area contributed by atoms with Gasteiger partial charge in [0.25, 0.3) is 0 Å². The molecule has 0 fully saturated rings. The van der Waals surface area contributed by atoms with Crippen LogP contribution in [0, 0.1) is 0 Å². The summed E-state index contributed by atoms with van der Waals surface area (Å²) in [5, 5.41) is 0. The van der Waals surface area contributed by atoms with Gasteiger partial charge in [-0.1, -0.05) is 32.9 Å². The van der Waals surface area contributed by atoms with Crippen LogP contribution in [0.15, 0.2) is 18.2 Å². The van der Waals surface area contributed by atoms with E-state index >= 15 is 0 Å². The molecule has 0 heterocycles. The number of ether oxygens (including phenoxy) is 1. The molecule has 1 aromatic carbocycles. The van der Waals surface area contributed by atoms with Crippen LogP contribution in [0.25, 0.3) is 0 Å². The van der Waals surface area contributed by atoms with E-state index in [1.807, 2.05) is 19.1 Å². The second-order valence-corrected chi connectivity index (χ2v) is 4.73. The number of primary amides is 1. The molecule has 0 saturated carbocycles. The molecule has 1 unspecified atom stereocenters. The summed E-state index contributed by atoms with van der Waals surface area (Å²) in [5.41, 5.74) is 7.52. The van der Waals surface area contributed by atoms with Gasteiger partial charge in [-0.25, -0.2) is 0 Å². The minimum Gasteiger partial charge on any atom is -0.496 e.